The van der Waals surface area contributed by atoms with E-state index >= 15 is 0 Å². The third kappa shape index (κ3) is 3.20. The average Bonchev–Trinajstić information content (AvgIpc) is 3.30. The van der Waals surface area contributed by atoms with Crippen LogP contribution in [0.2, 0.25) is 0 Å². The summed E-state index contributed by atoms with van der Waals surface area (Å²) in [7, 11) is 0. The maximum Gasteiger partial charge on any atom is 0.255 e. The summed E-state index contributed by atoms with van der Waals surface area (Å²) < 4.78 is 10.3. The summed E-state index contributed by atoms with van der Waals surface area (Å²) in [5, 5.41) is 0.973. The molecule has 1 aromatic carbocycles. The molecule has 7 nitrogen and oxygen atoms in total. The lowest BCUT2D eigenvalue weighted by Gasteiger charge is -2.35. The Kier molecular flexibility index (Phi) is 4.40. The van der Waals surface area contributed by atoms with Crippen LogP contribution in [0.15, 0.2) is 53.6 Å². The third-order valence-electron chi connectivity index (χ3n) is 6.11. The Labute approximate surface area is 188 Å². The van der Waals surface area contributed by atoms with Crippen LogP contribution in [0.1, 0.15) is 34.8 Å². The Morgan fingerprint density at radius 1 is 1.22 bits per heavy atom. The molecule has 0 radical (unpaired) electrons. The van der Waals surface area contributed by atoms with Crippen LogP contribution in [0.4, 0.5) is 5.95 Å². The summed E-state index contributed by atoms with van der Waals surface area (Å²) in [6, 6.07) is 10.8. The van der Waals surface area contributed by atoms with Gasteiger partial charge in [-0.25, -0.2) is 4.98 Å². The monoisotopic (exact) mass is 429 g/mol. The molecule has 164 valence electrons. The predicted molar refractivity (Wildman–Crippen MR) is 129 cm³/mol. The fourth-order valence-electron chi connectivity index (χ4n) is 4.71. The van der Waals surface area contributed by atoms with Crippen molar-refractivity contribution in [3.05, 3.63) is 64.8 Å². The summed E-state index contributed by atoms with van der Waals surface area (Å²) in [6.07, 6.45) is 3.71. The molecule has 0 amide bonds. The number of hydrogen-bond donors (Lipinski definition) is 2. The fraction of sp³-hybridized carbons (Fsp3) is 0.320. The van der Waals surface area contributed by atoms with Crippen molar-refractivity contribution < 1.29 is 1.37 Å². The normalized spacial score (nSPS) is 15.8. The molecule has 4 aromatic rings. The van der Waals surface area contributed by atoms with Gasteiger partial charge in [0.15, 0.2) is 0 Å². The van der Waals surface area contributed by atoms with E-state index in [0.29, 0.717) is 24.7 Å². The highest BCUT2D eigenvalue weighted by Gasteiger charge is 2.39. The smallest absolute Gasteiger partial charge is 0.255 e. The molecule has 3 N–H and O–H groups in total. The Bertz CT molecular complexity index is 1410. The van der Waals surface area contributed by atoms with Crippen molar-refractivity contribution in [2.45, 2.75) is 52.3 Å². The second kappa shape index (κ2) is 7.31. The minimum atomic E-state index is -0.921. The maximum absolute atomic E-state index is 13.1. The number of nitrogens with zero attached hydrogens (tertiary/aromatic N) is 4. The highest BCUT2D eigenvalue weighted by Crippen LogP contribution is 2.36. The van der Waals surface area contributed by atoms with E-state index < -0.39 is 6.02 Å². The summed E-state index contributed by atoms with van der Waals surface area (Å²) in [5.74, 6) is 0.537. The first kappa shape index (κ1) is 19.3. The van der Waals surface area contributed by atoms with E-state index in [2.05, 4.69) is 16.0 Å². The van der Waals surface area contributed by atoms with E-state index in [9.17, 15) is 4.79 Å². The number of anilines is 1. The Balaban J connectivity index is 1.65. The largest absolute Gasteiger partial charge is 0.360 e. The van der Waals surface area contributed by atoms with Gasteiger partial charge in [-0.15, -0.1) is 0 Å². The second-order valence-corrected chi connectivity index (χ2v) is 9.17. The second-order valence-electron chi connectivity index (χ2n) is 9.17. The van der Waals surface area contributed by atoms with Crippen molar-refractivity contribution >= 4 is 16.9 Å². The van der Waals surface area contributed by atoms with Crippen LogP contribution in [0.3, 0.4) is 0 Å². The number of nitrogens with two attached hydrogens (primary N) is 1. The molecule has 3 aromatic heterocycles. The van der Waals surface area contributed by atoms with Gasteiger partial charge >= 0.3 is 0 Å². The Morgan fingerprint density at radius 3 is 2.69 bits per heavy atom. The highest BCUT2D eigenvalue weighted by atomic mass is 16.1. The number of hydrogen-bond acceptors (Lipinski definition) is 5. The van der Waals surface area contributed by atoms with Crippen LogP contribution in [0.25, 0.3) is 33.3 Å². The molecule has 7 heteroatoms. The standard InChI is InChI=1S/C25H28N6O/c1-15(2)31-24-29-22(10-23(32)30(24)14-25(31,3)4)20-13-28-21-8-6-16(9-19(20)21)17-5-7-18(11-26)27-12-17/h5-10,12-13,15,28H,11,14,26H2,1-4H3/i15D. The molecule has 0 spiro atoms. The first-order chi connectivity index (χ1) is 15.6. The van der Waals surface area contributed by atoms with Crippen molar-refractivity contribution in [1.82, 2.24) is 19.5 Å². The van der Waals surface area contributed by atoms with Gasteiger partial charge < -0.3 is 15.6 Å². The Hall–Kier alpha value is -3.45. The molecule has 0 aliphatic carbocycles. The molecule has 0 saturated carbocycles. The zero-order valence-corrected chi connectivity index (χ0v) is 18.8. The molecule has 32 heavy (non-hydrogen) atoms. The third-order valence-corrected chi connectivity index (χ3v) is 6.11. The Morgan fingerprint density at radius 2 is 2.00 bits per heavy atom. The summed E-state index contributed by atoms with van der Waals surface area (Å²) in [5.41, 5.74) is 10.4. The maximum atomic E-state index is 13.1. The molecular formula is C25H28N6O. The van der Waals surface area contributed by atoms with E-state index in [1.165, 1.54) is 0 Å². The lowest BCUT2D eigenvalue weighted by atomic mass is 10.0. The van der Waals surface area contributed by atoms with Gasteiger partial charge in [-0.2, -0.15) is 0 Å². The molecule has 0 fully saturated rings. The highest BCUT2D eigenvalue weighted by molar-refractivity contribution is 5.97. The number of fused-ring (bicyclic) bond motifs is 2. The molecule has 5 rings (SSSR count). The van der Waals surface area contributed by atoms with Crippen LogP contribution in [0, 0.1) is 0 Å². The van der Waals surface area contributed by atoms with Gasteiger partial charge in [0.05, 0.1) is 24.8 Å². The van der Waals surface area contributed by atoms with Gasteiger partial charge in [-0.1, -0.05) is 12.1 Å². The number of aromatic amines is 1. The van der Waals surface area contributed by atoms with Crippen molar-refractivity contribution in [2.24, 2.45) is 5.73 Å². The van der Waals surface area contributed by atoms with E-state index in [4.69, 9.17) is 12.1 Å². The van der Waals surface area contributed by atoms with Crippen LogP contribution < -0.4 is 16.2 Å². The van der Waals surface area contributed by atoms with E-state index in [1.807, 2.05) is 69.3 Å². The zero-order valence-electron chi connectivity index (χ0n) is 19.8. The summed E-state index contributed by atoms with van der Waals surface area (Å²) in [6.45, 7) is 8.64. The quantitative estimate of drug-likeness (QED) is 0.513. The average molecular weight is 430 g/mol. The van der Waals surface area contributed by atoms with Gasteiger partial charge in [0.2, 0.25) is 5.95 Å². The van der Waals surface area contributed by atoms with Gasteiger partial charge in [0.1, 0.15) is 0 Å². The minimum Gasteiger partial charge on any atom is -0.360 e. The first-order valence-electron chi connectivity index (χ1n) is 11.3. The van der Waals surface area contributed by atoms with Gasteiger partial charge in [-0.3, -0.25) is 14.3 Å². The predicted octanol–water partition coefficient (Wildman–Crippen LogP) is 3.92. The number of benzene rings is 1. The van der Waals surface area contributed by atoms with Crippen LogP contribution in [-0.2, 0) is 13.1 Å². The summed E-state index contributed by atoms with van der Waals surface area (Å²) in [4.78, 5) is 27.6. The lowest BCUT2D eigenvalue weighted by Crippen LogP contribution is -2.45. The zero-order chi connectivity index (χ0) is 23.5. The number of rotatable bonds is 4. The van der Waals surface area contributed by atoms with Gasteiger partial charge in [-0.05, 0) is 51.5 Å². The number of nitrogens with one attached hydrogen (secondary N) is 1. The van der Waals surface area contributed by atoms with E-state index in [1.54, 1.807) is 10.6 Å². The first-order valence-corrected chi connectivity index (χ1v) is 10.8. The molecule has 0 atom stereocenters. The van der Waals surface area contributed by atoms with E-state index in [0.717, 1.165) is 33.3 Å². The minimum absolute atomic E-state index is 0.109. The lowest BCUT2D eigenvalue weighted by molar-refractivity contribution is 0.425. The molecule has 0 saturated heterocycles. The number of H-pyrrole nitrogens is 1. The van der Waals surface area contributed by atoms with Crippen molar-refractivity contribution in [3.63, 3.8) is 0 Å². The van der Waals surface area contributed by atoms with Gasteiger partial charge in [0, 0.05) is 53.1 Å². The molecule has 4 heterocycles. The van der Waals surface area contributed by atoms with Crippen LogP contribution in [0.5, 0.6) is 0 Å². The molecule has 1 aliphatic rings. The molecule has 0 unspecified atom stereocenters. The van der Waals surface area contributed by atoms with Crippen molar-refractivity contribution in [1.29, 1.82) is 0 Å². The summed E-state index contributed by atoms with van der Waals surface area (Å²) >= 11 is 0. The molecule has 0 bridgehead atoms. The van der Waals surface area contributed by atoms with Crippen molar-refractivity contribution in [3.8, 4) is 22.4 Å². The number of aromatic nitrogens is 4. The van der Waals surface area contributed by atoms with Crippen molar-refractivity contribution in [2.75, 3.05) is 4.90 Å². The SMILES string of the molecule is [2H]C(C)(C)N1c2nc(-c3c[nH]c4ccc(-c5ccc(CN)nc5)cc34)cc(=O)n2CC1(C)C. The topological polar surface area (TPSA) is 92.8 Å². The van der Waals surface area contributed by atoms with Crippen LogP contribution in [-0.4, -0.2) is 31.1 Å². The van der Waals surface area contributed by atoms with E-state index in [-0.39, 0.29) is 11.1 Å². The fourth-order valence-corrected chi connectivity index (χ4v) is 4.71. The van der Waals surface area contributed by atoms with Gasteiger partial charge in [0.25, 0.3) is 5.56 Å². The number of pyridine rings is 1. The molecule has 1 aliphatic heterocycles. The van der Waals surface area contributed by atoms with Crippen LogP contribution >= 0.6 is 0 Å². The molecular weight excluding hydrogens is 400 g/mol.